The van der Waals surface area contributed by atoms with Crippen LogP contribution >= 0.6 is 0 Å². The summed E-state index contributed by atoms with van der Waals surface area (Å²) in [6.45, 7) is 6.69. The number of aliphatic hydroxyl groups is 1. The Morgan fingerprint density at radius 1 is 1.18 bits per heavy atom. The number of aliphatic hydroxyl groups excluding tert-OH is 1. The number of amides is 1. The van der Waals surface area contributed by atoms with Crippen LogP contribution in [0.3, 0.4) is 0 Å². The van der Waals surface area contributed by atoms with Crippen molar-refractivity contribution in [3.63, 3.8) is 0 Å². The summed E-state index contributed by atoms with van der Waals surface area (Å²) < 4.78 is 6.60. The number of hydrogen-bond donors (Lipinski definition) is 2. The fourth-order valence-corrected chi connectivity index (χ4v) is 8.76. The molecule has 0 aromatic heterocycles. The van der Waals surface area contributed by atoms with E-state index in [2.05, 4.69) is 44.3 Å². The highest BCUT2D eigenvalue weighted by Crippen LogP contribution is 2.66. The van der Waals surface area contributed by atoms with E-state index < -0.39 is 11.0 Å². The van der Waals surface area contributed by atoms with Gasteiger partial charge in [-0.25, -0.2) is 0 Å². The molecule has 2 N–H and O–H groups in total. The van der Waals surface area contributed by atoms with Crippen LogP contribution in [0, 0.1) is 40.9 Å². The number of allylic oxidation sites excluding steroid dienone is 2. The van der Waals surface area contributed by atoms with Crippen molar-refractivity contribution in [1.29, 1.82) is 0 Å². The first-order valence-electron chi connectivity index (χ1n) is 12.6. The zero-order chi connectivity index (χ0) is 23.1. The van der Waals surface area contributed by atoms with Gasteiger partial charge in [-0.15, -0.1) is 0 Å². The van der Waals surface area contributed by atoms with Gasteiger partial charge in [0.2, 0.25) is 5.91 Å². The molecule has 3 saturated heterocycles. The van der Waals surface area contributed by atoms with E-state index in [1.807, 2.05) is 18.2 Å². The van der Waals surface area contributed by atoms with Gasteiger partial charge in [-0.05, 0) is 56.4 Å². The molecule has 33 heavy (non-hydrogen) atoms. The van der Waals surface area contributed by atoms with E-state index >= 15 is 0 Å². The molecule has 6 rings (SSSR count). The van der Waals surface area contributed by atoms with E-state index in [4.69, 9.17) is 4.74 Å². The van der Waals surface area contributed by atoms with Crippen LogP contribution in [0.4, 0.5) is 0 Å². The summed E-state index contributed by atoms with van der Waals surface area (Å²) in [6, 6.07) is 10.2. The van der Waals surface area contributed by atoms with Crippen molar-refractivity contribution in [3.05, 3.63) is 47.5 Å². The molecule has 3 heterocycles. The molecule has 2 aliphatic carbocycles. The third kappa shape index (κ3) is 2.78. The predicted octanol–water partition coefficient (Wildman–Crippen LogP) is 3.31. The van der Waals surface area contributed by atoms with Gasteiger partial charge in [0.1, 0.15) is 11.2 Å². The number of carbonyl (C=O) groups excluding carboxylic acids is 2. The lowest BCUT2D eigenvalue weighted by Crippen LogP contribution is -2.61. The van der Waals surface area contributed by atoms with Gasteiger partial charge in [-0.1, -0.05) is 48.9 Å². The Labute approximate surface area is 196 Å². The fourth-order valence-electron chi connectivity index (χ4n) is 8.76. The summed E-state index contributed by atoms with van der Waals surface area (Å²) in [6.07, 6.45) is 5.04. The smallest absolute Gasteiger partial charge is 0.234 e. The molecule has 5 nitrogen and oxygen atoms in total. The van der Waals surface area contributed by atoms with Gasteiger partial charge in [0.25, 0.3) is 0 Å². The molecule has 1 aromatic carbocycles. The van der Waals surface area contributed by atoms with E-state index in [1.54, 1.807) is 0 Å². The Kier molecular flexibility index (Phi) is 4.74. The standard InChI is InChI=1S/C28H35NO4/c1-15-9-20-25-19(22-11-18(14-30)13-27(25,3)33-22)12-23(31)28(20)24(16(15)2)21(29-26(28)32)10-17-7-5-4-6-8-17/h4-9,16,18-22,24-25,30H,10-14H2,1-3H3,(H,29,32)/t16-,18-,19-,20-,21+,22-,24+,25+,27+,28-/m0/s1. The maximum Gasteiger partial charge on any atom is 0.234 e. The molecular weight excluding hydrogens is 414 g/mol. The number of carbonyl (C=O) groups is 2. The largest absolute Gasteiger partial charge is 0.396 e. The second-order valence-electron chi connectivity index (χ2n) is 11.7. The number of ether oxygens (including phenoxy) is 1. The number of benzene rings is 1. The van der Waals surface area contributed by atoms with Crippen molar-refractivity contribution in [2.75, 3.05) is 6.61 Å². The van der Waals surface area contributed by atoms with Crippen molar-refractivity contribution in [3.8, 4) is 0 Å². The summed E-state index contributed by atoms with van der Waals surface area (Å²) in [5.74, 6) is 0.483. The van der Waals surface area contributed by atoms with E-state index in [9.17, 15) is 14.7 Å². The summed E-state index contributed by atoms with van der Waals surface area (Å²) in [7, 11) is 0. The molecule has 1 spiro atoms. The van der Waals surface area contributed by atoms with Crippen molar-refractivity contribution in [2.24, 2.45) is 40.9 Å². The highest BCUT2D eigenvalue weighted by molar-refractivity contribution is 6.10. The monoisotopic (exact) mass is 449 g/mol. The number of nitrogens with one attached hydrogen (secondary N) is 1. The highest BCUT2D eigenvalue weighted by atomic mass is 16.5. The molecule has 5 aliphatic rings. The summed E-state index contributed by atoms with van der Waals surface area (Å²) in [4.78, 5) is 28.0. The maximum atomic E-state index is 14.1. The van der Waals surface area contributed by atoms with Gasteiger partial charge >= 0.3 is 0 Å². The molecule has 176 valence electrons. The molecule has 4 fully saturated rings. The third-order valence-corrected chi connectivity index (χ3v) is 10.0. The first-order valence-corrected chi connectivity index (χ1v) is 12.6. The van der Waals surface area contributed by atoms with E-state index in [0.717, 1.165) is 19.3 Å². The zero-order valence-corrected chi connectivity index (χ0v) is 19.8. The van der Waals surface area contributed by atoms with E-state index in [0.29, 0.717) is 6.42 Å². The number of rotatable bonds is 3. The van der Waals surface area contributed by atoms with Crippen LogP contribution in [0.2, 0.25) is 0 Å². The third-order valence-electron chi connectivity index (χ3n) is 10.0. The fraction of sp³-hybridized carbons (Fsp3) is 0.643. The average molecular weight is 450 g/mol. The Morgan fingerprint density at radius 3 is 2.67 bits per heavy atom. The highest BCUT2D eigenvalue weighted by Gasteiger charge is 2.74. The molecule has 10 atom stereocenters. The quantitative estimate of drug-likeness (QED) is 0.548. The van der Waals surface area contributed by atoms with E-state index in [1.165, 1.54) is 11.1 Å². The van der Waals surface area contributed by atoms with Gasteiger partial charge in [0, 0.05) is 36.8 Å². The molecule has 0 radical (unpaired) electrons. The van der Waals surface area contributed by atoms with Crippen molar-refractivity contribution in [1.82, 2.24) is 5.32 Å². The summed E-state index contributed by atoms with van der Waals surface area (Å²) in [5.41, 5.74) is 1.07. The lowest BCUT2D eigenvalue weighted by molar-refractivity contribution is -0.157. The van der Waals surface area contributed by atoms with Gasteiger partial charge in [-0.2, -0.15) is 0 Å². The van der Waals surface area contributed by atoms with Crippen LogP contribution in [-0.2, 0) is 20.7 Å². The maximum absolute atomic E-state index is 14.1. The Morgan fingerprint density at radius 2 is 1.94 bits per heavy atom. The lowest BCUT2D eigenvalue weighted by Gasteiger charge is -2.53. The van der Waals surface area contributed by atoms with Gasteiger partial charge in [0.05, 0.1) is 11.7 Å². The summed E-state index contributed by atoms with van der Waals surface area (Å²) >= 11 is 0. The first kappa shape index (κ1) is 21.5. The number of Topliss-reactive ketones (excluding diaryl/α,β-unsaturated/α-hetero) is 1. The first-order chi connectivity index (χ1) is 15.8. The van der Waals surface area contributed by atoms with Crippen LogP contribution in [0.15, 0.2) is 42.0 Å². The average Bonchev–Trinajstić information content (AvgIpc) is 3.18. The van der Waals surface area contributed by atoms with Gasteiger partial charge < -0.3 is 15.2 Å². The molecule has 5 heteroatoms. The van der Waals surface area contributed by atoms with Gasteiger partial charge in [0.15, 0.2) is 0 Å². The molecule has 1 aromatic rings. The molecule has 2 bridgehead atoms. The number of ketones is 1. The van der Waals surface area contributed by atoms with Crippen LogP contribution in [0.1, 0.15) is 45.6 Å². The minimum atomic E-state index is -1.00. The molecule has 1 amide bonds. The Bertz CT molecular complexity index is 1020. The SMILES string of the molecule is CC1=C[C@H]2[C@H]3[C@@H](CC(=O)[C@@]24C(=O)N[C@H](Cc2ccccc2)[C@H]4[C@H]1C)[C@@H]1C[C@H](CO)C[C@@]3(C)O1. The second-order valence-corrected chi connectivity index (χ2v) is 11.7. The number of hydrogen-bond acceptors (Lipinski definition) is 4. The summed E-state index contributed by atoms with van der Waals surface area (Å²) in [5, 5.41) is 13.2. The lowest BCUT2D eigenvalue weighted by atomic mass is 9.46. The van der Waals surface area contributed by atoms with Gasteiger partial charge in [-0.3, -0.25) is 9.59 Å². The topological polar surface area (TPSA) is 75.6 Å². The minimum absolute atomic E-state index is 0.00304. The minimum Gasteiger partial charge on any atom is -0.396 e. The molecular formula is C28H35NO4. The molecule has 0 unspecified atom stereocenters. The van der Waals surface area contributed by atoms with Crippen LogP contribution in [0.5, 0.6) is 0 Å². The molecule has 3 aliphatic heterocycles. The van der Waals surface area contributed by atoms with Crippen LogP contribution in [0.25, 0.3) is 0 Å². The van der Waals surface area contributed by atoms with Crippen LogP contribution in [-0.4, -0.2) is 41.2 Å². The second kappa shape index (κ2) is 7.26. The Hall–Kier alpha value is -1.98. The predicted molar refractivity (Wildman–Crippen MR) is 124 cm³/mol. The number of fused-ring (bicyclic) bond motifs is 6. The normalized spacial score (nSPS) is 47.9. The van der Waals surface area contributed by atoms with Crippen molar-refractivity contribution < 1.29 is 19.4 Å². The van der Waals surface area contributed by atoms with Crippen molar-refractivity contribution >= 4 is 11.7 Å². The Balaban J connectivity index is 1.46. The van der Waals surface area contributed by atoms with Crippen molar-refractivity contribution in [2.45, 2.75) is 64.2 Å². The molecule has 1 saturated carbocycles. The van der Waals surface area contributed by atoms with Crippen LogP contribution < -0.4 is 5.32 Å². The zero-order valence-electron chi connectivity index (χ0n) is 19.8. The van der Waals surface area contributed by atoms with E-state index in [-0.39, 0.29) is 66.0 Å².